The average molecular weight is 311 g/mol. The summed E-state index contributed by atoms with van der Waals surface area (Å²) < 4.78 is 1.38. The first-order valence-electron chi connectivity index (χ1n) is 6.38. The van der Waals surface area contributed by atoms with Crippen molar-refractivity contribution in [2.45, 2.75) is 26.1 Å². The van der Waals surface area contributed by atoms with Crippen LogP contribution in [-0.2, 0) is 13.1 Å². The zero-order chi connectivity index (χ0) is 15.4. The monoisotopic (exact) mass is 311 g/mol. The average Bonchev–Trinajstić information content (AvgIpc) is 2.98. The number of thiazole rings is 1. The Balaban J connectivity index is 1.82. The Morgan fingerprint density at radius 3 is 2.95 bits per heavy atom. The predicted molar refractivity (Wildman–Crippen MR) is 78.1 cm³/mol. The number of nitro groups is 1. The van der Waals surface area contributed by atoms with E-state index in [9.17, 15) is 15.2 Å². The van der Waals surface area contributed by atoms with Gasteiger partial charge in [0.1, 0.15) is 12.4 Å². The zero-order valence-electron chi connectivity index (χ0n) is 11.8. The van der Waals surface area contributed by atoms with E-state index in [0.717, 1.165) is 10.7 Å². The summed E-state index contributed by atoms with van der Waals surface area (Å²) in [6.45, 7) is 3.26. The number of likely N-dealkylation sites (N-methyl/N-ethyl adjacent to an activating group) is 1. The molecule has 0 fully saturated rings. The highest BCUT2D eigenvalue weighted by Crippen LogP contribution is 2.11. The quantitative estimate of drug-likeness (QED) is 0.606. The van der Waals surface area contributed by atoms with Gasteiger partial charge in [-0.15, -0.1) is 11.3 Å². The number of rotatable bonds is 7. The molecule has 0 radical (unpaired) electrons. The van der Waals surface area contributed by atoms with Gasteiger partial charge in [-0.25, -0.2) is 4.98 Å². The molecule has 2 rings (SSSR count). The van der Waals surface area contributed by atoms with Gasteiger partial charge in [0.25, 0.3) is 0 Å². The maximum atomic E-state index is 10.6. The topological polar surface area (TPSA) is 97.3 Å². The fourth-order valence-corrected chi connectivity index (χ4v) is 2.61. The minimum atomic E-state index is -0.658. The standard InChI is InChI=1S/C12H17N5O3S/c1-9-14-10(8-21-9)4-15(2)6-12(18)7-16-5-11(3-13-16)17(19)20/h3,5,8,12,18H,4,6-7H2,1-2H3. The fraction of sp³-hybridized carbons (Fsp3) is 0.500. The molecular weight excluding hydrogens is 294 g/mol. The van der Waals surface area contributed by atoms with Crippen LogP contribution in [0.1, 0.15) is 10.7 Å². The summed E-state index contributed by atoms with van der Waals surface area (Å²) in [5, 5.41) is 27.4. The maximum absolute atomic E-state index is 10.6. The maximum Gasteiger partial charge on any atom is 0.306 e. The molecule has 2 aromatic rings. The minimum absolute atomic E-state index is 0.0755. The van der Waals surface area contributed by atoms with Crippen LogP contribution in [0.5, 0.6) is 0 Å². The first-order valence-corrected chi connectivity index (χ1v) is 7.26. The highest BCUT2D eigenvalue weighted by molar-refractivity contribution is 7.09. The second-order valence-corrected chi connectivity index (χ2v) is 5.95. The highest BCUT2D eigenvalue weighted by atomic mass is 32.1. The highest BCUT2D eigenvalue weighted by Gasteiger charge is 2.14. The number of aliphatic hydroxyl groups is 1. The molecule has 0 amide bonds. The zero-order valence-corrected chi connectivity index (χ0v) is 12.7. The third-order valence-corrected chi connectivity index (χ3v) is 3.67. The van der Waals surface area contributed by atoms with E-state index in [1.165, 1.54) is 17.1 Å². The van der Waals surface area contributed by atoms with Crippen molar-refractivity contribution in [2.75, 3.05) is 13.6 Å². The van der Waals surface area contributed by atoms with Crippen molar-refractivity contribution in [3.05, 3.63) is 38.6 Å². The summed E-state index contributed by atoms with van der Waals surface area (Å²) in [5.74, 6) is 0. The molecule has 0 saturated heterocycles. The van der Waals surface area contributed by atoms with Crippen molar-refractivity contribution in [2.24, 2.45) is 0 Å². The molecule has 0 aliphatic heterocycles. The van der Waals surface area contributed by atoms with Gasteiger partial charge in [-0.2, -0.15) is 5.10 Å². The largest absolute Gasteiger partial charge is 0.390 e. The third kappa shape index (κ3) is 4.59. The van der Waals surface area contributed by atoms with Gasteiger partial charge in [0, 0.05) is 18.5 Å². The molecule has 0 aliphatic rings. The lowest BCUT2D eigenvalue weighted by molar-refractivity contribution is -0.385. The van der Waals surface area contributed by atoms with Crippen LogP contribution in [0, 0.1) is 17.0 Å². The van der Waals surface area contributed by atoms with Crippen molar-refractivity contribution >= 4 is 17.0 Å². The minimum Gasteiger partial charge on any atom is -0.390 e. The van der Waals surface area contributed by atoms with Crippen LogP contribution in [0.3, 0.4) is 0 Å². The number of aryl methyl sites for hydroxylation is 1. The summed E-state index contributed by atoms with van der Waals surface area (Å²) in [4.78, 5) is 16.4. The van der Waals surface area contributed by atoms with E-state index in [2.05, 4.69) is 10.1 Å². The molecule has 9 heteroatoms. The van der Waals surface area contributed by atoms with Gasteiger partial charge in [0.05, 0.1) is 28.3 Å². The van der Waals surface area contributed by atoms with E-state index in [-0.39, 0.29) is 12.2 Å². The Morgan fingerprint density at radius 2 is 2.38 bits per heavy atom. The summed E-state index contributed by atoms with van der Waals surface area (Å²) in [6.07, 6.45) is 1.83. The Morgan fingerprint density at radius 1 is 1.62 bits per heavy atom. The molecule has 2 aromatic heterocycles. The SMILES string of the molecule is Cc1nc(CN(C)CC(O)Cn2cc([N+](=O)[O-])cn2)cs1. The molecule has 0 aromatic carbocycles. The first-order chi connectivity index (χ1) is 9.94. The number of hydrogen-bond donors (Lipinski definition) is 1. The molecular formula is C12H17N5O3S. The van der Waals surface area contributed by atoms with Crippen LogP contribution in [0.25, 0.3) is 0 Å². The number of hydrogen-bond acceptors (Lipinski definition) is 7. The number of aliphatic hydroxyl groups excluding tert-OH is 1. The molecule has 1 unspecified atom stereocenters. The van der Waals surface area contributed by atoms with E-state index in [1.54, 1.807) is 11.3 Å². The van der Waals surface area contributed by atoms with Crippen LogP contribution >= 0.6 is 11.3 Å². The molecule has 1 N–H and O–H groups in total. The Bertz CT molecular complexity index is 612. The van der Waals surface area contributed by atoms with Crippen molar-refractivity contribution in [3.63, 3.8) is 0 Å². The molecule has 8 nitrogen and oxygen atoms in total. The van der Waals surface area contributed by atoms with E-state index in [0.29, 0.717) is 13.1 Å². The van der Waals surface area contributed by atoms with E-state index in [1.807, 2.05) is 24.3 Å². The molecule has 0 spiro atoms. The molecule has 0 saturated carbocycles. The fourth-order valence-electron chi connectivity index (χ4n) is 2.00. The molecule has 2 heterocycles. The van der Waals surface area contributed by atoms with Crippen LogP contribution < -0.4 is 0 Å². The Kier molecular flexibility index (Phi) is 4.99. The lowest BCUT2D eigenvalue weighted by Crippen LogP contribution is -2.32. The van der Waals surface area contributed by atoms with Crippen molar-refractivity contribution in [3.8, 4) is 0 Å². The van der Waals surface area contributed by atoms with Gasteiger partial charge >= 0.3 is 5.69 Å². The third-order valence-electron chi connectivity index (χ3n) is 2.85. The first kappa shape index (κ1) is 15.5. The summed E-state index contributed by atoms with van der Waals surface area (Å²) in [7, 11) is 1.89. The van der Waals surface area contributed by atoms with Gasteiger partial charge in [-0.1, -0.05) is 0 Å². The van der Waals surface area contributed by atoms with Crippen molar-refractivity contribution < 1.29 is 10.0 Å². The summed E-state index contributed by atoms with van der Waals surface area (Å²) in [5.41, 5.74) is 0.899. The number of nitrogens with zero attached hydrogens (tertiary/aromatic N) is 5. The predicted octanol–water partition coefficient (Wildman–Crippen LogP) is 1.05. The van der Waals surface area contributed by atoms with Crippen LogP contribution in [0.4, 0.5) is 5.69 Å². The summed E-state index contributed by atoms with van der Waals surface area (Å²) in [6, 6.07) is 0. The number of aromatic nitrogens is 3. The van der Waals surface area contributed by atoms with Gasteiger partial charge in [0.15, 0.2) is 0 Å². The van der Waals surface area contributed by atoms with Gasteiger partial charge in [-0.05, 0) is 14.0 Å². The molecule has 0 bridgehead atoms. The molecule has 1 atom stereocenters. The lowest BCUT2D eigenvalue weighted by atomic mass is 10.3. The van der Waals surface area contributed by atoms with Crippen LogP contribution in [0.2, 0.25) is 0 Å². The van der Waals surface area contributed by atoms with Crippen molar-refractivity contribution in [1.29, 1.82) is 0 Å². The molecule has 0 aliphatic carbocycles. The van der Waals surface area contributed by atoms with Gasteiger partial charge in [-0.3, -0.25) is 19.7 Å². The van der Waals surface area contributed by atoms with Crippen LogP contribution in [-0.4, -0.2) is 49.4 Å². The van der Waals surface area contributed by atoms with Gasteiger partial charge < -0.3 is 5.11 Å². The summed E-state index contributed by atoms with van der Waals surface area (Å²) >= 11 is 1.60. The van der Waals surface area contributed by atoms with Crippen LogP contribution in [0.15, 0.2) is 17.8 Å². The second kappa shape index (κ2) is 6.74. The van der Waals surface area contributed by atoms with E-state index >= 15 is 0 Å². The Hall–Kier alpha value is -1.84. The Labute approximate surface area is 125 Å². The molecule has 21 heavy (non-hydrogen) atoms. The smallest absolute Gasteiger partial charge is 0.306 e. The lowest BCUT2D eigenvalue weighted by Gasteiger charge is -2.19. The van der Waals surface area contributed by atoms with Crippen molar-refractivity contribution in [1.82, 2.24) is 19.7 Å². The second-order valence-electron chi connectivity index (χ2n) is 4.89. The normalized spacial score (nSPS) is 12.8. The van der Waals surface area contributed by atoms with E-state index in [4.69, 9.17) is 0 Å². The molecule has 114 valence electrons. The van der Waals surface area contributed by atoms with E-state index < -0.39 is 11.0 Å². The van der Waals surface area contributed by atoms with Gasteiger partial charge in [0.2, 0.25) is 0 Å².